The molecule has 0 unspecified atom stereocenters. The molecule has 0 spiro atoms. The number of carbonyl (C=O) groups is 1. The van der Waals surface area contributed by atoms with Gasteiger partial charge in [-0.25, -0.2) is 8.42 Å². The van der Waals surface area contributed by atoms with E-state index in [1.54, 1.807) is 0 Å². The van der Waals surface area contributed by atoms with Crippen LogP contribution in [0, 0.1) is 0 Å². The van der Waals surface area contributed by atoms with E-state index in [4.69, 9.17) is 11.6 Å². The summed E-state index contributed by atoms with van der Waals surface area (Å²) in [4.78, 5) is 9.85. The zero-order chi connectivity index (χ0) is 8.91. The molecule has 0 aromatic carbocycles. The molecule has 66 valence electrons. The lowest BCUT2D eigenvalue weighted by molar-refractivity contribution is -0.301. The van der Waals surface area contributed by atoms with Crippen LogP contribution in [0.2, 0.25) is 0 Å². The number of hydrogen-bond acceptors (Lipinski definition) is 4. The van der Waals surface area contributed by atoms with Crippen LogP contribution in [-0.2, 0) is 14.6 Å². The van der Waals surface area contributed by atoms with E-state index in [1.165, 1.54) is 0 Å². The van der Waals surface area contributed by atoms with Gasteiger partial charge in [0.25, 0.3) is 0 Å². The van der Waals surface area contributed by atoms with Gasteiger partial charge in [0.1, 0.15) is 0 Å². The second-order valence-electron chi connectivity index (χ2n) is 2.01. The molecule has 0 saturated carbocycles. The maximum Gasteiger partial charge on any atom is 0.155 e. The fraction of sp³-hybridized carbons (Fsp3) is 0.800. The normalized spacial score (nSPS) is 11.4. The minimum atomic E-state index is -3.49. The van der Waals surface area contributed by atoms with Crippen molar-refractivity contribution in [1.82, 2.24) is 0 Å². The van der Waals surface area contributed by atoms with E-state index in [9.17, 15) is 18.3 Å². The Morgan fingerprint density at radius 2 is 2.00 bits per heavy atom. The summed E-state index contributed by atoms with van der Waals surface area (Å²) in [6.45, 7) is 0. The van der Waals surface area contributed by atoms with Crippen molar-refractivity contribution >= 4 is 27.4 Å². The van der Waals surface area contributed by atoms with Gasteiger partial charge in [0.05, 0.1) is 17.5 Å². The first-order chi connectivity index (χ1) is 4.98. The van der Waals surface area contributed by atoms with Crippen molar-refractivity contribution in [3.63, 3.8) is 0 Å². The van der Waals surface area contributed by atoms with Gasteiger partial charge in [0.2, 0.25) is 0 Å². The van der Waals surface area contributed by atoms with Gasteiger partial charge in [-0.05, 0) is 6.42 Å². The summed E-state index contributed by atoms with van der Waals surface area (Å²) in [5.74, 6) is -2.46. The highest BCUT2D eigenvalue weighted by molar-refractivity contribution is 7.92. The quantitative estimate of drug-likeness (QED) is 0.521. The average molecular weight is 200 g/mol. The topological polar surface area (TPSA) is 74.3 Å². The van der Waals surface area contributed by atoms with Gasteiger partial charge in [-0.1, -0.05) is 0 Å². The molecule has 0 amide bonds. The third-order valence-electron chi connectivity index (χ3n) is 0.927. The highest BCUT2D eigenvalue weighted by atomic mass is 35.5. The van der Waals surface area contributed by atoms with Crippen LogP contribution < -0.4 is 5.11 Å². The lowest BCUT2D eigenvalue weighted by Gasteiger charge is -2.02. The molecule has 0 atom stereocenters. The molecule has 0 aliphatic carbocycles. The summed E-state index contributed by atoms with van der Waals surface area (Å²) >= 11 is 5.22. The van der Waals surface area contributed by atoms with E-state index in [-0.39, 0.29) is 18.1 Å². The Labute approximate surface area is 70.1 Å². The zero-order valence-corrected chi connectivity index (χ0v) is 7.32. The second kappa shape index (κ2) is 4.56. The van der Waals surface area contributed by atoms with Crippen LogP contribution in [0.5, 0.6) is 0 Å². The first-order valence-electron chi connectivity index (χ1n) is 2.94. The molecule has 0 aromatic heterocycles. The minimum absolute atomic E-state index is 0.190. The number of carboxylic acids is 1. The highest BCUT2D eigenvalue weighted by Gasteiger charge is 2.09. The predicted octanol–water partition coefficient (Wildman–Crippen LogP) is -1.22. The summed E-state index contributed by atoms with van der Waals surface area (Å²) in [7, 11) is -3.49. The van der Waals surface area contributed by atoms with Crippen molar-refractivity contribution in [2.75, 3.05) is 17.4 Å². The average Bonchev–Trinajstić information content (AvgIpc) is 1.81. The molecule has 0 N–H and O–H groups in total. The number of carbonyl (C=O) groups excluding carboxylic acids is 1. The summed E-state index contributed by atoms with van der Waals surface area (Å²) in [6, 6.07) is 0. The molecule has 11 heavy (non-hydrogen) atoms. The van der Waals surface area contributed by atoms with Gasteiger partial charge < -0.3 is 9.90 Å². The Bertz CT molecular complexity index is 221. The maximum atomic E-state index is 10.7. The lowest BCUT2D eigenvalue weighted by Crippen LogP contribution is -2.31. The van der Waals surface area contributed by atoms with Gasteiger partial charge in [0, 0.05) is 5.88 Å². The fourth-order valence-electron chi connectivity index (χ4n) is 0.526. The molecule has 0 radical (unpaired) electrons. The number of halogens is 1. The molecule has 0 saturated heterocycles. The van der Waals surface area contributed by atoms with Crippen LogP contribution in [0.15, 0.2) is 0 Å². The summed E-state index contributed by atoms with van der Waals surface area (Å²) < 4.78 is 21.4. The van der Waals surface area contributed by atoms with Gasteiger partial charge in [-0.2, -0.15) is 0 Å². The molecule has 0 heterocycles. The van der Waals surface area contributed by atoms with Gasteiger partial charge in [-0.15, -0.1) is 11.6 Å². The van der Waals surface area contributed by atoms with E-state index in [2.05, 4.69) is 0 Å². The zero-order valence-electron chi connectivity index (χ0n) is 5.75. The first-order valence-corrected chi connectivity index (χ1v) is 5.30. The van der Waals surface area contributed by atoms with Gasteiger partial charge >= 0.3 is 0 Å². The smallest absolute Gasteiger partial charge is 0.155 e. The largest absolute Gasteiger partial charge is 0.549 e. The SMILES string of the molecule is O=C([O-])CS(=O)(=O)CCCCl. The predicted molar refractivity (Wildman–Crippen MR) is 39.0 cm³/mol. The number of rotatable bonds is 5. The molecule has 0 bridgehead atoms. The van der Waals surface area contributed by atoms with E-state index < -0.39 is 21.6 Å². The number of alkyl halides is 1. The third-order valence-corrected chi connectivity index (χ3v) is 2.78. The van der Waals surface area contributed by atoms with Crippen LogP contribution in [0.3, 0.4) is 0 Å². The number of carboxylic acid groups (broad SMARTS) is 1. The van der Waals surface area contributed by atoms with E-state index in [0.29, 0.717) is 0 Å². The highest BCUT2D eigenvalue weighted by Crippen LogP contribution is 1.94. The van der Waals surface area contributed by atoms with Crippen LogP contribution in [0.4, 0.5) is 0 Å². The number of aliphatic carboxylic acids is 1. The molecule has 0 aliphatic rings. The Morgan fingerprint density at radius 1 is 1.45 bits per heavy atom. The van der Waals surface area contributed by atoms with Crippen LogP contribution in [0.25, 0.3) is 0 Å². The number of hydrogen-bond donors (Lipinski definition) is 0. The van der Waals surface area contributed by atoms with Crippen molar-refractivity contribution < 1.29 is 18.3 Å². The monoisotopic (exact) mass is 199 g/mol. The van der Waals surface area contributed by atoms with Crippen LogP contribution >= 0.6 is 11.6 Å². The van der Waals surface area contributed by atoms with Crippen LogP contribution in [0.1, 0.15) is 6.42 Å². The maximum absolute atomic E-state index is 10.7. The molecule has 4 nitrogen and oxygen atoms in total. The molecule has 6 heteroatoms. The molecule has 0 rings (SSSR count). The summed E-state index contributed by atoms with van der Waals surface area (Å²) in [5, 5.41) is 9.85. The van der Waals surface area contributed by atoms with Crippen molar-refractivity contribution in [1.29, 1.82) is 0 Å². The first kappa shape index (κ1) is 10.7. The van der Waals surface area contributed by atoms with Gasteiger partial charge in [-0.3, -0.25) is 0 Å². The van der Waals surface area contributed by atoms with E-state index in [0.717, 1.165) is 0 Å². The Kier molecular flexibility index (Phi) is 4.44. The van der Waals surface area contributed by atoms with E-state index in [1.807, 2.05) is 0 Å². The summed E-state index contributed by atoms with van der Waals surface area (Å²) in [6.07, 6.45) is 0.275. The van der Waals surface area contributed by atoms with Crippen molar-refractivity contribution in [3.8, 4) is 0 Å². The van der Waals surface area contributed by atoms with E-state index >= 15 is 0 Å². The Morgan fingerprint density at radius 3 is 2.36 bits per heavy atom. The number of sulfone groups is 1. The molecule has 0 fully saturated rings. The standard InChI is InChI=1S/C5H9ClO4S/c6-2-1-3-11(9,10)4-5(7)8/h1-4H2,(H,7,8)/p-1. The van der Waals surface area contributed by atoms with Crippen molar-refractivity contribution in [2.24, 2.45) is 0 Å². The van der Waals surface area contributed by atoms with Crippen LogP contribution in [-0.4, -0.2) is 31.8 Å². The van der Waals surface area contributed by atoms with Crippen molar-refractivity contribution in [3.05, 3.63) is 0 Å². The Hall–Kier alpha value is -0.290. The molecule has 0 aliphatic heterocycles. The molecular formula is C5H8ClO4S-. The fourth-order valence-corrected chi connectivity index (χ4v) is 1.91. The Balaban J connectivity index is 3.92. The van der Waals surface area contributed by atoms with Crippen molar-refractivity contribution in [2.45, 2.75) is 6.42 Å². The summed E-state index contributed by atoms with van der Waals surface area (Å²) in [5.41, 5.74) is 0. The third kappa shape index (κ3) is 6.12. The molecule has 0 aromatic rings. The molecular weight excluding hydrogens is 192 g/mol. The lowest BCUT2D eigenvalue weighted by atomic mass is 10.6. The van der Waals surface area contributed by atoms with Gasteiger partial charge in [0.15, 0.2) is 9.84 Å². The second-order valence-corrected chi connectivity index (χ2v) is 4.57. The minimum Gasteiger partial charge on any atom is -0.549 e.